The Morgan fingerprint density at radius 3 is 2.05 bits per heavy atom. The highest BCUT2D eigenvalue weighted by atomic mass is 32.2. The average Bonchev–Trinajstić information content (AvgIpc) is 3.00. The molecule has 0 aliphatic heterocycles. The third-order valence-corrected chi connectivity index (χ3v) is 7.25. The molecule has 10 nitrogen and oxygen atoms in total. The topological polar surface area (TPSA) is 150 Å². The van der Waals surface area contributed by atoms with E-state index in [1.165, 1.54) is 44.2 Å². The molecule has 0 radical (unpaired) electrons. The van der Waals surface area contributed by atoms with E-state index in [2.05, 4.69) is 18.8 Å². The van der Waals surface area contributed by atoms with Crippen LogP contribution in [0.25, 0.3) is 4.98 Å². The maximum atomic E-state index is 12.2. The van der Waals surface area contributed by atoms with Gasteiger partial charge in [0, 0.05) is 23.8 Å². The molecule has 43 heavy (non-hydrogen) atoms. The van der Waals surface area contributed by atoms with Gasteiger partial charge in [-0.3, -0.25) is 4.79 Å². The fourth-order valence-electron chi connectivity index (χ4n) is 4.04. The molecule has 0 aliphatic rings. The number of ketones is 1. The second-order valence-corrected chi connectivity index (χ2v) is 11.1. The largest absolute Gasteiger partial charge is 0.744 e. The van der Waals surface area contributed by atoms with E-state index in [1.54, 1.807) is 24.3 Å². The average molecular weight is 613 g/mol. The summed E-state index contributed by atoms with van der Waals surface area (Å²) in [5.41, 5.74) is 0.428. The molecule has 3 aromatic carbocycles. The van der Waals surface area contributed by atoms with Crippen LogP contribution in [-0.2, 0) is 10.1 Å². The fraction of sp³-hybridized carbons (Fsp3) is 0.406. The summed E-state index contributed by atoms with van der Waals surface area (Å²) in [5, 5.41) is 18.9. The van der Waals surface area contributed by atoms with Gasteiger partial charge in [0.2, 0.25) is 11.1 Å². The molecule has 0 amide bonds. The lowest BCUT2D eigenvalue weighted by Crippen LogP contribution is -2.07. The van der Waals surface area contributed by atoms with Crippen LogP contribution in [0.4, 0.5) is 5.69 Å². The number of ether oxygens (including phenoxy) is 3. The van der Waals surface area contributed by atoms with Gasteiger partial charge in [-0.15, -0.1) is 0 Å². The first-order chi connectivity index (χ1) is 20.7. The maximum Gasteiger partial charge on any atom is 0.426 e. The molecule has 11 heteroatoms. The number of phenols is 1. The number of benzene rings is 3. The van der Waals surface area contributed by atoms with Crippen LogP contribution in [-0.4, -0.2) is 44.2 Å². The Hall–Kier alpha value is -4.14. The van der Waals surface area contributed by atoms with Gasteiger partial charge in [0.15, 0.2) is 10.8 Å². The molecular weight excluding hydrogens is 572 g/mol. The summed E-state index contributed by atoms with van der Waals surface area (Å²) < 4.78 is 49.8. The van der Waals surface area contributed by atoms with Crippen LogP contribution >= 0.6 is 0 Å². The first kappa shape index (κ1) is 35.1. The van der Waals surface area contributed by atoms with Gasteiger partial charge in [0.05, 0.1) is 30.8 Å². The molecule has 0 bridgehead atoms. The number of diazo groups is 1. The van der Waals surface area contributed by atoms with E-state index in [1.807, 2.05) is 12.1 Å². The summed E-state index contributed by atoms with van der Waals surface area (Å²) in [6, 6.07) is 15.1. The Kier molecular flexibility index (Phi) is 15.0. The highest BCUT2D eigenvalue weighted by Gasteiger charge is 2.20. The molecule has 0 saturated heterocycles. The van der Waals surface area contributed by atoms with Gasteiger partial charge in [-0.25, -0.2) is 8.42 Å². The number of nitrogens with zero attached hydrogens (tertiary/aromatic N) is 2. The van der Waals surface area contributed by atoms with E-state index < -0.39 is 26.5 Å². The van der Waals surface area contributed by atoms with Crippen molar-refractivity contribution in [2.24, 2.45) is 0 Å². The molecule has 232 valence electrons. The molecule has 3 rings (SSSR count). The van der Waals surface area contributed by atoms with Crippen molar-refractivity contribution in [2.45, 2.75) is 70.1 Å². The number of carbonyl (C=O) groups is 1. The molecule has 0 unspecified atom stereocenters. The predicted octanol–water partition coefficient (Wildman–Crippen LogP) is 7.63. The molecule has 0 atom stereocenters. The van der Waals surface area contributed by atoms with Crippen molar-refractivity contribution in [2.75, 3.05) is 20.3 Å². The second-order valence-electron chi connectivity index (χ2n) is 9.72. The van der Waals surface area contributed by atoms with Gasteiger partial charge in [-0.2, -0.15) is 0 Å². The lowest BCUT2D eigenvalue weighted by atomic mass is 10.0. The Bertz CT molecular complexity index is 1450. The Morgan fingerprint density at radius 1 is 0.860 bits per heavy atom. The van der Waals surface area contributed by atoms with Gasteiger partial charge >= 0.3 is 5.69 Å². The lowest BCUT2D eigenvalue weighted by molar-refractivity contribution is 0.103. The van der Waals surface area contributed by atoms with Crippen molar-refractivity contribution in [3.63, 3.8) is 0 Å². The summed E-state index contributed by atoms with van der Waals surface area (Å²) in [4.78, 5) is 14.8. The first-order valence-electron chi connectivity index (χ1n) is 14.4. The summed E-state index contributed by atoms with van der Waals surface area (Å²) in [7, 11) is -3.68. The fourth-order valence-corrected chi connectivity index (χ4v) is 4.69. The van der Waals surface area contributed by atoms with Crippen LogP contribution in [0.15, 0.2) is 65.6 Å². The second kappa shape index (κ2) is 18.4. The third-order valence-electron chi connectivity index (χ3n) is 6.39. The summed E-state index contributed by atoms with van der Waals surface area (Å²) in [6.07, 6.45) is 9.34. The van der Waals surface area contributed by atoms with E-state index in [-0.39, 0.29) is 16.9 Å². The summed E-state index contributed by atoms with van der Waals surface area (Å²) >= 11 is 0. The molecule has 0 fully saturated rings. The molecule has 0 aliphatic carbocycles. The van der Waals surface area contributed by atoms with E-state index in [4.69, 9.17) is 19.6 Å². The number of hydrogen-bond acceptors (Lipinski definition) is 9. The smallest absolute Gasteiger partial charge is 0.426 e. The van der Waals surface area contributed by atoms with Crippen LogP contribution in [0.2, 0.25) is 0 Å². The predicted molar refractivity (Wildman–Crippen MR) is 163 cm³/mol. The van der Waals surface area contributed by atoms with Crippen molar-refractivity contribution >= 4 is 21.6 Å². The van der Waals surface area contributed by atoms with E-state index in [0.29, 0.717) is 24.7 Å². The number of hydrogen-bond donors (Lipinski definition) is 1. The minimum Gasteiger partial charge on any atom is -0.744 e. The summed E-state index contributed by atoms with van der Waals surface area (Å²) in [5.74, 6) is -0.0154. The lowest BCUT2D eigenvalue weighted by Gasteiger charge is -2.14. The Balaban J connectivity index is 0.000000300. The van der Waals surface area contributed by atoms with Gasteiger partial charge in [-0.1, -0.05) is 82.7 Å². The normalized spacial score (nSPS) is 10.7. The number of methoxy groups -OCH3 is 1. The molecule has 0 heterocycles. The van der Waals surface area contributed by atoms with Crippen LogP contribution < -0.4 is 14.2 Å². The summed E-state index contributed by atoms with van der Waals surface area (Å²) in [6.45, 7) is 5.74. The standard InChI is InChI=1S/C18H29N2O2.C14H12O6S/c1-3-5-7-9-13-21-16-11-12-17(20-19)18(15-16)22-14-10-8-6-4-2;1-20-12-8-11(15)10(7-13(12)21(17,18)19)14(16)9-5-3-2-4-6-9/h11-12,15H,3-10,13-14H2,1-2H3;2-8,15H,1H3,(H,17,18,19)/q+1;/p-1. The third kappa shape index (κ3) is 11.6. The first-order valence-corrected chi connectivity index (χ1v) is 15.8. The van der Waals surface area contributed by atoms with Gasteiger partial charge in [0.1, 0.15) is 27.4 Å². The molecule has 0 aromatic heterocycles. The quantitative estimate of drug-likeness (QED) is 0.0745. The molecule has 1 N–H and O–H groups in total. The van der Waals surface area contributed by atoms with Crippen LogP contribution in [0, 0.1) is 5.39 Å². The van der Waals surface area contributed by atoms with Crippen LogP contribution in [0.3, 0.4) is 0 Å². The zero-order chi connectivity index (χ0) is 31.7. The van der Waals surface area contributed by atoms with E-state index >= 15 is 0 Å². The van der Waals surface area contributed by atoms with Crippen molar-refractivity contribution in [3.8, 4) is 23.0 Å². The van der Waals surface area contributed by atoms with E-state index in [0.717, 1.165) is 44.3 Å². The monoisotopic (exact) mass is 612 g/mol. The Labute approximate surface area is 254 Å². The number of phenolic OH excluding ortho intramolecular Hbond substituents is 1. The Morgan fingerprint density at radius 2 is 1.49 bits per heavy atom. The number of carbonyl (C=O) groups excluding carboxylic acids is 1. The van der Waals surface area contributed by atoms with Gasteiger partial charge in [0.25, 0.3) is 0 Å². The van der Waals surface area contributed by atoms with Crippen molar-refractivity contribution in [1.29, 1.82) is 5.39 Å². The van der Waals surface area contributed by atoms with E-state index in [9.17, 15) is 22.9 Å². The molecular formula is C32H40N2O8S. The van der Waals surface area contributed by atoms with Crippen molar-refractivity contribution in [3.05, 3.63) is 76.8 Å². The zero-order valence-corrected chi connectivity index (χ0v) is 25.8. The van der Waals surface area contributed by atoms with Gasteiger partial charge < -0.3 is 23.9 Å². The van der Waals surface area contributed by atoms with Crippen LogP contribution in [0.5, 0.6) is 23.0 Å². The molecule has 0 spiro atoms. The van der Waals surface area contributed by atoms with Crippen LogP contribution in [0.1, 0.15) is 81.1 Å². The van der Waals surface area contributed by atoms with Crippen molar-refractivity contribution < 1.29 is 37.1 Å². The highest BCUT2D eigenvalue weighted by molar-refractivity contribution is 7.85. The molecule has 0 saturated carbocycles. The minimum absolute atomic E-state index is 0.257. The SMILES string of the molecule is CCCCCCOc1ccc([N+]#N)c(OCCCCCC)c1.COc1cc(O)c(C(=O)c2ccccc2)cc1S(=O)(=O)[O-]. The zero-order valence-electron chi connectivity index (χ0n) is 25.0. The number of aromatic hydroxyl groups is 1. The maximum absolute atomic E-state index is 12.2. The molecule has 3 aromatic rings. The minimum atomic E-state index is -4.84. The number of unbranched alkanes of at least 4 members (excludes halogenated alkanes) is 6. The van der Waals surface area contributed by atoms with Gasteiger partial charge in [-0.05, 0) is 25.0 Å². The number of rotatable bonds is 16. The van der Waals surface area contributed by atoms with Crippen molar-refractivity contribution in [1.82, 2.24) is 0 Å². The highest BCUT2D eigenvalue weighted by Crippen LogP contribution is 2.33.